The summed E-state index contributed by atoms with van der Waals surface area (Å²) >= 11 is 5.85. The van der Waals surface area contributed by atoms with Gasteiger partial charge in [-0.1, -0.05) is 23.7 Å². The number of carbonyl (C=O) groups is 1. The number of nitrogens with zero attached hydrogens (tertiary/aromatic N) is 2. The molecule has 0 saturated carbocycles. The van der Waals surface area contributed by atoms with Gasteiger partial charge in [0.25, 0.3) is 5.91 Å². The molecule has 1 aromatic heterocycles. The molecule has 1 unspecified atom stereocenters. The summed E-state index contributed by atoms with van der Waals surface area (Å²) < 4.78 is 13.2. The third-order valence-corrected chi connectivity index (χ3v) is 3.62. The zero-order valence-corrected chi connectivity index (χ0v) is 12.4. The molecule has 0 aliphatic carbocycles. The Morgan fingerprint density at radius 2 is 2.00 bits per heavy atom. The average Bonchev–Trinajstić information content (AvgIpc) is 2.48. The molecule has 0 spiro atoms. The SMILES string of the molecule is CC(c1ccc(Cl)cc1)N(C)C(=O)c1cc(F)cnc1N. The molecule has 21 heavy (non-hydrogen) atoms. The second-order valence-electron chi connectivity index (χ2n) is 4.73. The number of anilines is 1. The molecule has 2 N–H and O–H groups in total. The molecule has 0 saturated heterocycles. The van der Waals surface area contributed by atoms with Gasteiger partial charge in [0.05, 0.1) is 17.8 Å². The van der Waals surface area contributed by atoms with E-state index in [1.165, 1.54) is 4.90 Å². The monoisotopic (exact) mass is 307 g/mol. The topological polar surface area (TPSA) is 59.2 Å². The van der Waals surface area contributed by atoms with Gasteiger partial charge in [0, 0.05) is 12.1 Å². The van der Waals surface area contributed by atoms with Crippen LogP contribution in [0.3, 0.4) is 0 Å². The van der Waals surface area contributed by atoms with Crippen molar-refractivity contribution in [3.63, 3.8) is 0 Å². The van der Waals surface area contributed by atoms with Crippen LogP contribution < -0.4 is 5.73 Å². The predicted molar refractivity (Wildman–Crippen MR) is 80.6 cm³/mol. The first-order valence-corrected chi connectivity index (χ1v) is 6.71. The number of nitrogen functional groups attached to an aromatic ring is 1. The highest BCUT2D eigenvalue weighted by atomic mass is 35.5. The van der Waals surface area contributed by atoms with E-state index in [1.54, 1.807) is 19.2 Å². The number of pyridine rings is 1. The number of hydrogen-bond donors (Lipinski definition) is 1. The van der Waals surface area contributed by atoms with Gasteiger partial charge in [-0.15, -0.1) is 0 Å². The van der Waals surface area contributed by atoms with Crippen molar-refractivity contribution in [2.45, 2.75) is 13.0 Å². The highest BCUT2D eigenvalue weighted by molar-refractivity contribution is 6.30. The van der Waals surface area contributed by atoms with Crippen molar-refractivity contribution in [1.82, 2.24) is 9.88 Å². The van der Waals surface area contributed by atoms with Gasteiger partial charge in [-0.3, -0.25) is 4.79 Å². The average molecular weight is 308 g/mol. The Balaban J connectivity index is 2.26. The minimum absolute atomic E-state index is 0.0107. The van der Waals surface area contributed by atoms with Gasteiger partial charge in [-0.2, -0.15) is 0 Å². The zero-order chi connectivity index (χ0) is 15.6. The van der Waals surface area contributed by atoms with Gasteiger partial charge in [0.15, 0.2) is 0 Å². The van der Waals surface area contributed by atoms with Gasteiger partial charge in [0.1, 0.15) is 11.6 Å². The Bertz CT molecular complexity index is 660. The Kier molecular flexibility index (Phi) is 4.43. The maximum Gasteiger partial charge on any atom is 0.257 e. The zero-order valence-electron chi connectivity index (χ0n) is 11.7. The number of aromatic nitrogens is 1. The summed E-state index contributed by atoms with van der Waals surface area (Å²) in [4.78, 5) is 17.6. The maximum atomic E-state index is 13.2. The number of nitrogens with two attached hydrogens (primary N) is 1. The molecule has 2 aromatic rings. The minimum atomic E-state index is -0.597. The summed E-state index contributed by atoms with van der Waals surface area (Å²) in [5.74, 6) is -0.974. The maximum absolute atomic E-state index is 13.2. The van der Waals surface area contributed by atoms with Gasteiger partial charge in [-0.25, -0.2) is 9.37 Å². The molecule has 0 bridgehead atoms. The van der Waals surface area contributed by atoms with E-state index >= 15 is 0 Å². The van der Waals surface area contributed by atoms with Crippen LogP contribution in [-0.2, 0) is 0 Å². The predicted octanol–water partition coefficient (Wildman–Crippen LogP) is 3.29. The molecule has 6 heteroatoms. The van der Waals surface area contributed by atoms with Crippen LogP contribution in [0.1, 0.15) is 28.9 Å². The van der Waals surface area contributed by atoms with Crippen molar-refractivity contribution in [2.75, 3.05) is 12.8 Å². The van der Waals surface area contributed by atoms with Crippen molar-refractivity contribution in [3.05, 3.63) is 58.5 Å². The lowest BCUT2D eigenvalue weighted by molar-refractivity contribution is 0.0743. The van der Waals surface area contributed by atoms with Crippen LogP contribution in [0.5, 0.6) is 0 Å². The second-order valence-corrected chi connectivity index (χ2v) is 5.17. The van der Waals surface area contributed by atoms with Crippen LogP contribution in [-0.4, -0.2) is 22.8 Å². The van der Waals surface area contributed by atoms with Crippen molar-refractivity contribution >= 4 is 23.3 Å². The Labute approximate surface area is 127 Å². The standard InChI is InChI=1S/C15H15ClFN3O/c1-9(10-3-5-11(16)6-4-10)20(2)15(21)13-7-12(17)8-19-14(13)18/h3-9H,1-2H3,(H2,18,19). The lowest BCUT2D eigenvalue weighted by atomic mass is 10.1. The van der Waals surface area contributed by atoms with E-state index in [9.17, 15) is 9.18 Å². The Morgan fingerprint density at radius 3 is 2.62 bits per heavy atom. The summed E-state index contributed by atoms with van der Waals surface area (Å²) in [6, 6.07) is 8.06. The molecular weight excluding hydrogens is 293 g/mol. The molecule has 4 nitrogen and oxygen atoms in total. The van der Waals surface area contributed by atoms with Crippen molar-refractivity contribution in [1.29, 1.82) is 0 Å². The Hall–Kier alpha value is -2.14. The van der Waals surface area contributed by atoms with Gasteiger partial charge in [0.2, 0.25) is 0 Å². The van der Waals surface area contributed by atoms with Crippen LogP contribution in [0.25, 0.3) is 0 Å². The summed E-state index contributed by atoms with van der Waals surface area (Å²) in [7, 11) is 1.63. The van der Waals surface area contributed by atoms with Crippen LogP contribution in [0.2, 0.25) is 5.02 Å². The molecule has 0 aliphatic rings. The smallest absolute Gasteiger partial charge is 0.257 e. The summed E-state index contributed by atoms with van der Waals surface area (Å²) in [5, 5.41) is 0.624. The van der Waals surface area contributed by atoms with Crippen LogP contribution in [0.4, 0.5) is 10.2 Å². The number of benzene rings is 1. The van der Waals surface area contributed by atoms with E-state index in [-0.39, 0.29) is 23.3 Å². The highest BCUT2D eigenvalue weighted by Crippen LogP contribution is 2.23. The molecular formula is C15H15ClFN3O. The number of halogens is 2. The van der Waals surface area contributed by atoms with E-state index in [2.05, 4.69) is 4.98 Å². The summed E-state index contributed by atoms with van der Waals surface area (Å²) in [5.41, 5.74) is 6.61. The van der Waals surface area contributed by atoms with Gasteiger partial charge >= 0.3 is 0 Å². The summed E-state index contributed by atoms with van der Waals surface area (Å²) in [6.45, 7) is 1.87. The fourth-order valence-electron chi connectivity index (χ4n) is 1.95. The van der Waals surface area contributed by atoms with E-state index in [4.69, 9.17) is 17.3 Å². The first kappa shape index (κ1) is 15.3. The van der Waals surface area contributed by atoms with Crippen molar-refractivity contribution in [2.24, 2.45) is 0 Å². The quantitative estimate of drug-likeness (QED) is 0.946. The molecule has 1 heterocycles. The largest absolute Gasteiger partial charge is 0.383 e. The molecule has 1 aromatic carbocycles. The lowest BCUT2D eigenvalue weighted by Crippen LogP contribution is -2.30. The lowest BCUT2D eigenvalue weighted by Gasteiger charge is -2.25. The van der Waals surface area contributed by atoms with Crippen molar-refractivity contribution in [3.8, 4) is 0 Å². The van der Waals surface area contributed by atoms with Crippen LogP contribution in [0, 0.1) is 5.82 Å². The van der Waals surface area contributed by atoms with E-state index in [0.29, 0.717) is 5.02 Å². The second kappa shape index (κ2) is 6.10. The molecule has 2 rings (SSSR count). The molecule has 0 fully saturated rings. The van der Waals surface area contributed by atoms with Crippen LogP contribution in [0.15, 0.2) is 36.5 Å². The molecule has 1 amide bonds. The number of amides is 1. The fraction of sp³-hybridized carbons (Fsp3) is 0.200. The van der Waals surface area contributed by atoms with Gasteiger partial charge in [-0.05, 0) is 30.7 Å². The number of hydrogen-bond acceptors (Lipinski definition) is 3. The normalized spacial score (nSPS) is 12.0. The summed E-state index contributed by atoms with van der Waals surface area (Å²) in [6.07, 6.45) is 0.981. The Morgan fingerprint density at radius 1 is 1.38 bits per heavy atom. The first-order chi connectivity index (χ1) is 9.90. The highest BCUT2D eigenvalue weighted by Gasteiger charge is 2.21. The van der Waals surface area contributed by atoms with Crippen molar-refractivity contribution < 1.29 is 9.18 Å². The fourth-order valence-corrected chi connectivity index (χ4v) is 2.08. The molecule has 110 valence electrons. The number of carbonyl (C=O) groups excluding carboxylic acids is 1. The minimum Gasteiger partial charge on any atom is -0.383 e. The molecule has 0 aliphatic heterocycles. The van der Waals surface area contributed by atoms with E-state index in [1.807, 2.05) is 19.1 Å². The van der Waals surface area contributed by atoms with Crippen LogP contribution >= 0.6 is 11.6 Å². The van der Waals surface area contributed by atoms with E-state index in [0.717, 1.165) is 17.8 Å². The first-order valence-electron chi connectivity index (χ1n) is 6.34. The third-order valence-electron chi connectivity index (χ3n) is 3.37. The molecule has 0 radical (unpaired) electrons. The van der Waals surface area contributed by atoms with E-state index < -0.39 is 5.82 Å². The third kappa shape index (κ3) is 3.31. The molecule has 1 atom stereocenters. The number of rotatable bonds is 3. The van der Waals surface area contributed by atoms with Gasteiger partial charge < -0.3 is 10.6 Å².